The van der Waals surface area contributed by atoms with Crippen molar-refractivity contribution in [2.75, 3.05) is 12.4 Å². The van der Waals surface area contributed by atoms with E-state index in [1.54, 1.807) is 12.1 Å². The topological polar surface area (TPSA) is 81.4 Å². The molecule has 0 radical (unpaired) electrons. The van der Waals surface area contributed by atoms with Gasteiger partial charge in [-0.1, -0.05) is 18.5 Å². The van der Waals surface area contributed by atoms with Gasteiger partial charge < -0.3 is 15.8 Å². The number of anilines is 1. The van der Waals surface area contributed by atoms with E-state index in [-0.39, 0.29) is 5.91 Å². The van der Waals surface area contributed by atoms with E-state index in [2.05, 4.69) is 12.2 Å². The molecular formula is C18H19ClN2O3S. The zero-order valence-corrected chi connectivity index (χ0v) is 15.6. The average molecular weight is 379 g/mol. The summed E-state index contributed by atoms with van der Waals surface area (Å²) in [4.78, 5) is 25.8. The fourth-order valence-electron chi connectivity index (χ4n) is 3.13. The second kappa shape index (κ2) is 7.06. The van der Waals surface area contributed by atoms with Crippen LogP contribution in [-0.2, 0) is 12.8 Å². The van der Waals surface area contributed by atoms with Gasteiger partial charge in [-0.3, -0.25) is 9.59 Å². The zero-order chi connectivity index (χ0) is 18.1. The van der Waals surface area contributed by atoms with E-state index in [1.165, 1.54) is 24.5 Å². The molecule has 0 spiro atoms. The molecule has 7 heteroatoms. The summed E-state index contributed by atoms with van der Waals surface area (Å²) in [5.41, 5.74) is 7.30. The highest BCUT2D eigenvalue weighted by atomic mass is 35.5. The fraction of sp³-hybridized carbons (Fsp3) is 0.333. The van der Waals surface area contributed by atoms with Crippen LogP contribution in [0.4, 0.5) is 5.00 Å². The number of halogens is 1. The Labute approximate surface area is 155 Å². The van der Waals surface area contributed by atoms with Crippen molar-refractivity contribution in [2.24, 2.45) is 11.7 Å². The first-order valence-corrected chi connectivity index (χ1v) is 9.19. The second-order valence-electron chi connectivity index (χ2n) is 6.22. The molecule has 0 bridgehead atoms. The third kappa shape index (κ3) is 3.50. The van der Waals surface area contributed by atoms with Gasteiger partial charge in [-0.25, -0.2) is 0 Å². The van der Waals surface area contributed by atoms with Crippen LogP contribution in [0.15, 0.2) is 18.2 Å². The molecule has 1 aliphatic rings. The van der Waals surface area contributed by atoms with Crippen molar-refractivity contribution in [1.29, 1.82) is 0 Å². The Morgan fingerprint density at radius 1 is 1.40 bits per heavy atom. The van der Waals surface area contributed by atoms with Gasteiger partial charge >= 0.3 is 0 Å². The molecule has 2 aromatic rings. The summed E-state index contributed by atoms with van der Waals surface area (Å²) in [7, 11) is 1.49. The van der Waals surface area contributed by atoms with Gasteiger partial charge in [0.15, 0.2) is 0 Å². The number of nitrogens with two attached hydrogens (primary N) is 1. The first-order chi connectivity index (χ1) is 11.9. The molecule has 0 fully saturated rings. The Kier molecular flexibility index (Phi) is 5.01. The number of amides is 2. The molecule has 1 aromatic carbocycles. The summed E-state index contributed by atoms with van der Waals surface area (Å²) in [6.07, 6.45) is 2.72. The van der Waals surface area contributed by atoms with Crippen molar-refractivity contribution >= 4 is 39.8 Å². The van der Waals surface area contributed by atoms with E-state index >= 15 is 0 Å². The quantitative estimate of drug-likeness (QED) is 0.846. The molecule has 0 saturated heterocycles. The highest BCUT2D eigenvalue weighted by Crippen LogP contribution is 2.39. The average Bonchev–Trinajstić information content (AvgIpc) is 2.91. The summed E-state index contributed by atoms with van der Waals surface area (Å²) >= 11 is 7.42. The van der Waals surface area contributed by atoms with Crippen molar-refractivity contribution in [3.8, 4) is 5.75 Å². The van der Waals surface area contributed by atoms with Gasteiger partial charge in [-0.15, -0.1) is 11.3 Å². The van der Waals surface area contributed by atoms with Crippen LogP contribution in [0.5, 0.6) is 5.75 Å². The lowest BCUT2D eigenvalue weighted by atomic mass is 9.88. The highest BCUT2D eigenvalue weighted by Gasteiger charge is 2.27. The number of fused-ring (bicyclic) bond motifs is 1. The van der Waals surface area contributed by atoms with Crippen molar-refractivity contribution in [2.45, 2.75) is 26.2 Å². The van der Waals surface area contributed by atoms with E-state index in [0.29, 0.717) is 32.8 Å². The van der Waals surface area contributed by atoms with Gasteiger partial charge in [0.05, 0.1) is 18.2 Å². The van der Waals surface area contributed by atoms with Gasteiger partial charge in [0.2, 0.25) is 0 Å². The van der Waals surface area contributed by atoms with E-state index in [0.717, 1.165) is 29.7 Å². The van der Waals surface area contributed by atoms with Crippen molar-refractivity contribution in [3.05, 3.63) is 44.8 Å². The summed E-state index contributed by atoms with van der Waals surface area (Å²) in [5.74, 6) is 0.0785. The minimum absolute atomic E-state index is 0.310. The molecule has 1 heterocycles. The minimum atomic E-state index is -0.514. The second-order valence-corrected chi connectivity index (χ2v) is 7.76. The number of hydrogen-bond acceptors (Lipinski definition) is 4. The third-order valence-corrected chi connectivity index (χ3v) is 5.80. The number of nitrogens with one attached hydrogen (secondary N) is 1. The molecule has 0 aliphatic heterocycles. The summed E-state index contributed by atoms with van der Waals surface area (Å²) < 4.78 is 5.22. The number of methoxy groups -OCH3 is 1. The lowest BCUT2D eigenvalue weighted by Crippen LogP contribution is -2.19. The van der Waals surface area contributed by atoms with Crippen LogP contribution in [0.2, 0.25) is 5.02 Å². The number of thiophene rings is 1. The maximum absolute atomic E-state index is 12.7. The molecule has 1 aromatic heterocycles. The predicted molar refractivity (Wildman–Crippen MR) is 100.0 cm³/mol. The first-order valence-electron chi connectivity index (χ1n) is 8.00. The van der Waals surface area contributed by atoms with Gasteiger partial charge in [-0.2, -0.15) is 0 Å². The van der Waals surface area contributed by atoms with Crippen LogP contribution in [0.1, 0.15) is 44.5 Å². The standard InChI is InChI=1S/C18H19ClN2O3S/c1-9-3-5-11-14(7-9)25-18(15(11)16(20)22)21-17(23)12-8-10(19)4-6-13(12)24-2/h4,6,8-9H,3,5,7H2,1-2H3,(H2,20,22)(H,21,23)/t9-/m1/s1. The number of hydrogen-bond donors (Lipinski definition) is 2. The number of carbonyl (C=O) groups excluding carboxylic acids is 2. The van der Waals surface area contributed by atoms with Crippen LogP contribution in [-0.4, -0.2) is 18.9 Å². The molecule has 25 heavy (non-hydrogen) atoms. The lowest BCUT2D eigenvalue weighted by Gasteiger charge is -2.18. The Bertz CT molecular complexity index is 847. The van der Waals surface area contributed by atoms with Crippen LogP contribution in [0, 0.1) is 5.92 Å². The molecular weight excluding hydrogens is 360 g/mol. The van der Waals surface area contributed by atoms with Gasteiger partial charge in [0.1, 0.15) is 10.8 Å². The predicted octanol–water partition coefficient (Wildman–Crippen LogP) is 3.89. The number of carbonyl (C=O) groups is 2. The molecule has 3 rings (SSSR count). The summed E-state index contributed by atoms with van der Waals surface area (Å²) in [5, 5.41) is 3.75. The summed E-state index contributed by atoms with van der Waals surface area (Å²) in [6.45, 7) is 2.18. The Morgan fingerprint density at radius 3 is 2.84 bits per heavy atom. The minimum Gasteiger partial charge on any atom is -0.496 e. The number of benzene rings is 1. The highest BCUT2D eigenvalue weighted by molar-refractivity contribution is 7.17. The molecule has 1 atom stereocenters. The van der Waals surface area contributed by atoms with Gasteiger partial charge in [0.25, 0.3) is 11.8 Å². The van der Waals surface area contributed by atoms with Crippen LogP contribution in [0.25, 0.3) is 0 Å². The molecule has 3 N–H and O–H groups in total. The van der Waals surface area contributed by atoms with Gasteiger partial charge in [0, 0.05) is 9.90 Å². The van der Waals surface area contributed by atoms with E-state index in [9.17, 15) is 9.59 Å². The van der Waals surface area contributed by atoms with Crippen molar-refractivity contribution in [3.63, 3.8) is 0 Å². The monoisotopic (exact) mass is 378 g/mol. The van der Waals surface area contributed by atoms with Crippen LogP contribution in [0.3, 0.4) is 0 Å². The maximum Gasteiger partial charge on any atom is 0.260 e. The third-order valence-electron chi connectivity index (χ3n) is 4.39. The molecule has 5 nitrogen and oxygen atoms in total. The fourth-order valence-corrected chi connectivity index (χ4v) is 4.71. The normalized spacial score (nSPS) is 16.2. The molecule has 0 saturated carbocycles. The van der Waals surface area contributed by atoms with E-state index in [4.69, 9.17) is 22.1 Å². The van der Waals surface area contributed by atoms with E-state index in [1.807, 2.05) is 0 Å². The Morgan fingerprint density at radius 2 is 2.16 bits per heavy atom. The SMILES string of the molecule is COc1ccc(Cl)cc1C(=O)Nc1sc2c(c1C(N)=O)CC[C@@H](C)C2. The number of ether oxygens (including phenoxy) is 1. The molecule has 132 valence electrons. The Balaban J connectivity index is 1.97. The van der Waals surface area contributed by atoms with Crippen LogP contribution >= 0.6 is 22.9 Å². The molecule has 0 unspecified atom stereocenters. The van der Waals surface area contributed by atoms with Gasteiger partial charge in [-0.05, 0) is 48.9 Å². The summed E-state index contributed by atoms with van der Waals surface area (Å²) in [6, 6.07) is 4.82. The smallest absolute Gasteiger partial charge is 0.260 e. The lowest BCUT2D eigenvalue weighted by molar-refractivity contribution is 0.1000. The maximum atomic E-state index is 12.7. The number of primary amides is 1. The van der Waals surface area contributed by atoms with E-state index < -0.39 is 5.91 Å². The molecule has 2 amide bonds. The zero-order valence-electron chi connectivity index (χ0n) is 14.0. The van der Waals surface area contributed by atoms with Crippen LogP contribution < -0.4 is 15.8 Å². The van der Waals surface area contributed by atoms with Crippen molar-refractivity contribution < 1.29 is 14.3 Å². The largest absolute Gasteiger partial charge is 0.496 e. The molecule has 1 aliphatic carbocycles. The van der Waals surface area contributed by atoms with Crippen molar-refractivity contribution in [1.82, 2.24) is 0 Å². The first kappa shape index (κ1) is 17.8. The number of rotatable bonds is 4. The Hall–Kier alpha value is -2.05.